The Balaban J connectivity index is 1.82. The minimum atomic E-state index is -0.537. The molecule has 4 nitrogen and oxygen atoms in total. The Morgan fingerprint density at radius 3 is 2.52 bits per heavy atom. The zero-order chi connectivity index (χ0) is 17.8. The van der Waals surface area contributed by atoms with E-state index >= 15 is 0 Å². The minimum absolute atomic E-state index is 0.216. The molecule has 0 radical (unpaired) electrons. The van der Waals surface area contributed by atoms with Crippen LogP contribution in [-0.2, 0) is 12.8 Å². The van der Waals surface area contributed by atoms with Gasteiger partial charge in [-0.05, 0) is 24.1 Å². The summed E-state index contributed by atoms with van der Waals surface area (Å²) in [5.74, 6) is -0.753. The summed E-state index contributed by atoms with van der Waals surface area (Å²) in [6.07, 6.45) is 1.59. The molecule has 128 valence electrons. The number of benzene rings is 1. The summed E-state index contributed by atoms with van der Waals surface area (Å²) in [5, 5.41) is 5.17. The van der Waals surface area contributed by atoms with Crippen molar-refractivity contribution in [3.05, 3.63) is 74.3 Å². The van der Waals surface area contributed by atoms with Crippen molar-refractivity contribution < 1.29 is 9.59 Å². The highest BCUT2D eigenvalue weighted by Crippen LogP contribution is 2.30. The molecular formula is C19H18N2O2S2. The Labute approximate surface area is 154 Å². The third-order valence-corrected chi connectivity index (χ3v) is 5.89. The number of amides is 2. The summed E-state index contributed by atoms with van der Waals surface area (Å²) in [6, 6.07) is 13.6. The first-order valence-electron chi connectivity index (χ1n) is 7.92. The molecular weight excluding hydrogens is 352 g/mol. The average molecular weight is 370 g/mol. The minimum Gasteiger partial charge on any atom is -0.366 e. The molecule has 6 heteroatoms. The van der Waals surface area contributed by atoms with Gasteiger partial charge >= 0.3 is 0 Å². The molecule has 3 N–H and O–H groups in total. The Morgan fingerprint density at radius 1 is 1.12 bits per heavy atom. The Morgan fingerprint density at radius 2 is 1.88 bits per heavy atom. The van der Waals surface area contributed by atoms with Crippen LogP contribution in [0.15, 0.2) is 47.8 Å². The molecule has 0 saturated heterocycles. The van der Waals surface area contributed by atoms with Crippen LogP contribution in [0.3, 0.4) is 0 Å². The molecule has 0 bridgehead atoms. The van der Waals surface area contributed by atoms with Crippen molar-refractivity contribution in [1.29, 1.82) is 0 Å². The zero-order valence-corrected chi connectivity index (χ0v) is 15.4. The maximum atomic E-state index is 12.4. The van der Waals surface area contributed by atoms with Gasteiger partial charge in [0.05, 0.1) is 11.1 Å². The van der Waals surface area contributed by atoms with E-state index in [1.165, 1.54) is 11.3 Å². The van der Waals surface area contributed by atoms with Gasteiger partial charge in [0, 0.05) is 21.6 Å². The number of nitrogens with two attached hydrogens (primary N) is 1. The number of primary amides is 1. The maximum absolute atomic E-state index is 12.4. The highest BCUT2D eigenvalue weighted by molar-refractivity contribution is 7.16. The van der Waals surface area contributed by atoms with Gasteiger partial charge in [-0.3, -0.25) is 9.59 Å². The number of thiophene rings is 2. The highest BCUT2D eigenvalue weighted by atomic mass is 32.1. The van der Waals surface area contributed by atoms with E-state index in [0.717, 1.165) is 21.7 Å². The molecule has 0 aliphatic carbocycles. The quantitative estimate of drug-likeness (QED) is 0.678. The van der Waals surface area contributed by atoms with E-state index in [1.54, 1.807) is 17.4 Å². The van der Waals surface area contributed by atoms with Gasteiger partial charge in [-0.1, -0.05) is 37.3 Å². The van der Waals surface area contributed by atoms with Crippen LogP contribution < -0.4 is 11.1 Å². The fraction of sp³-hybridized carbons (Fsp3) is 0.158. The Kier molecular flexibility index (Phi) is 5.31. The zero-order valence-electron chi connectivity index (χ0n) is 13.7. The first-order valence-corrected chi connectivity index (χ1v) is 9.61. The number of carbonyl (C=O) groups excluding carboxylic acids is 2. The van der Waals surface area contributed by atoms with Crippen molar-refractivity contribution in [3.63, 3.8) is 0 Å². The van der Waals surface area contributed by atoms with E-state index < -0.39 is 5.91 Å². The fourth-order valence-corrected chi connectivity index (χ4v) is 4.37. The van der Waals surface area contributed by atoms with Crippen LogP contribution in [-0.4, -0.2) is 11.8 Å². The Bertz CT molecular complexity index is 897. The third-order valence-electron chi connectivity index (χ3n) is 3.76. The second kappa shape index (κ2) is 7.63. The summed E-state index contributed by atoms with van der Waals surface area (Å²) >= 11 is 2.95. The Hall–Kier alpha value is -2.44. The van der Waals surface area contributed by atoms with Gasteiger partial charge in [0.25, 0.3) is 11.8 Å². The number of rotatable bonds is 6. The molecule has 2 amide bonds. The molecule has 0 saturated carbocycles. The van der Waals surface area contributed by atoms with Crippen LogP contribution >= 0.6 is 22.7 Å². The predicted octanol–water partition coefficient (Wildman–Crippen LogP) is 4.31. The van der Waals surface area contributed by atoms with Crippen LogP contribution in [0.1, 0.15) is 43.0 Å². The summed E-state index contributed by atoms with van der Waals surface area (Å²) in [5.41, 5.74) is 7.58. The average Bonchev–Trinajstić information content (AvgIpc) is 3.23. The van der Waals surface area contributed by atoms with Crippen LogP contribution in [0.25, 0.3) is 0 Å². The molecule has 2 heterocycles. The number of anilines is 1. The molecule has 0 aliphatic rings. The molecule has 3 aromatic rings. The van der Waals surface area contributed by atoms with Gasteiger partial charge in [-0.2, -0.15) is 0 Å². The number of hydrogen-bond acceptors (Lipinski definition) is 4. The van der Waals surface area contributed by atoms with Crippen molar-refractivity contribution in [2.24, 2.45) is 5.73 Å². The summed E-state index contributed by atoms with van der Waals surface area (Å²) in [7, 11) is 0. The van der Waals surface area contributed by atoms with Crippen LogP contribution in [0.4, 0.5) is 5.00 Å². The molecule has 0 fully saturated rings. The molecule has 1 aromatic carbocycles. The smallest absolute Gasteiger partial charge is 0.257 e. The summed E-state index contributed by atoms with van der Waals surface area (Å²) in [6.45, 7) is 2.05. The molecule has 0 atom stereocenters. The van der Waals surface area contributed by atoms with Gasteiger partial charge in [0.2, 0.25) is 0 Å². The molecule has 0 aliphatic heterocycles. The highest BCUT2D eigenvalue weighted by Gasteiger charge is 2.17. The largest absolute Gasteiger partial charge is 0.366 e. The predicted molar refractivity (Wildman–Crippen MR) is 104 cm³/mol. The molecule has 2 aromatic heterocycles. The number of aryl methyl sites for hydroxylation is 1. The van der Waals surface area contributed by atoms with E-state index in [1.807, 2.05) is 48.7 Å². The first kappa shape index (κ1) is 17.4. The normalized spacial score (nSPS) is 10.6. The lowest BCUT2D eigenvalue weighted by Crippen LogP contribution is -2.16. The van der Waals surface area contributed by atoms with E-state index in [2.05, 4.69) is 5.32 Å². The number of hydrogen-bond donors (Lipinski definition) is 2. The van der Waals surface area contributed by atoms with Crippen molar-refractivity contribution in [1.82, 2.24) is 0 Å². The number of carbonyl (C=O) groups is 2. The summed E-state index contributed by atoms with van der Waals surface area (Å²) < 4.78 is 0. The van der Waals surface area contributed by atoms with Crippen molar-refractivity contribution in [2.45, 2.75) is 19.8 Å². The van der Waals surface area contributed by atoms with Gasteiger partial charge < -0.3 is 11.1 Å². The van der Waals surface area contributed by atoms with Crippen molar-refractivity contribution in [2.75, 3.05) is 5.32 Å². The summed E-state index contributed by atoms with van der Waals surface area (Å²) in [4.78, 5) is 26.3. The van der Waals surface area contributed by atoms with Gasteiger partial charge in [-0.25, -0.2) is 0 Å². The number of nitrogens with one attached hydrogen (secondary N) is 1. The van der Waals surface area contributed by atoms with E-state index in [9.17, 15) is 9.59 Å². The van der Waals surface area contributed by atoms with Crippen LogP contribution in [0, 0.1) is 0 Å². The molecule has 3 rings (SSSR count). The SMILES string of the molecule is CCc1cc(C(=O)Nc2sc(Cc3ccccc3)cc2C(N)=O)cs1. The van der Waals surface area contributed by atoms with Gasteiger partial charge in [0.15, 0.2) is 0 Å². The van der Waals surface area contributed by atoms with Crippen molar-refractivity contribution in [3.8, 4) is 0 Å². The fourth-order valence-electron chi connectivity index (χ4n) is 2.46. The second-order valence-electron chi connectivity index (χ2n) is 5.59. The van der Waals surface area contributed by atoms with Gasteiger partial charge in [0.1, 0.15) is 5.00 Å². The lowest BCUT2D eigenvalue weighted by Gasteiger charge is -2.02. The second-order valence-corrected chi connectivity index (χ2v) is 7.72. The topological polar surface area (TPSA) is 72.2 Å². The lowest BCUT2D eigenvalue weighted by atomic mass is 10.1. The molecule has 0 unspecified atom stereocenters. The maximum Gasteiger partial charge on any atom is 0.257 e. The van der Waals surface area contributed by atoms with Crippen LogP contribution in [0.5, 0.6) is 0 Å². The lowest BCUT2D eigenvalue weighted by molar-refractivity contribution is 0.100. The monoisotopic (exact) mass is 370 g/mol. The van der Waals surface area contributed by atoms with Gasteiger partial charge in [-0.15, -0.1) is 22.7 Å². The molecule has 0 spiro atoms. The molecule has 25 heavy (non-hydrogen) atoms. The van der Waals surface area contributed by atoms with E-state index in [-0.39, 0.29) is 5.91 Å². The first-order chi connectivity index (χ1) is 12.1. The van der Waals surface area contributed by atoms with E-state index in [4.69, 9.17) is 5.73 Å². The van der Waals surface area contributed by atoms with Crippen LogP contribution in [0.2, 0.25) is 0 Å². The third kappa shape index (κ3) is 4.15. The van der Waals surface area contributed by atoms with Crippen molar-refractivity contribution >= 4 is 39.5 Å². The van der Waals surface area contributed by atoms with E-state index in [0.29, 0.717) is 22.5 Å². The standard InChI is InChI=1S/C19H18N2O2S2/c1-2-14-9-13(11-24-14)18(23)21-19-16(17(20)22)10-15(25-19)8-12-6-4-3-5-7-12/h3-7,9-11H,2,8H2,1H3,(H2,20,22)(H,21,23).